The van der Waals surface area contributed by atoms with Crippen LogP contribution in [0.2, 0.25) is 0 Å². The van der Waals surface area contributed by atoms with E-state index in [0.717, 1.165) is 37.2 Å². The van der Waals surface area contributed by atoms with Gasteiger partial charge in [-0.3, -0.25) is 4.98 Å². The van der Waals surface area contributed by atoms with E-state index in [0.29, 0.717) is 0 Å². The number of anilines is 2. The van der Waals surface area contributed by atoms with Crippen molar-refractivity contribution in [2.75, 3.05) is 23.3 Å². The Kier molecular flexibility index (Phi) is 4.28. The molecule has 0 aliphatic carbocycles. The summed E-state index contributed by atoms with van der Waals surface area (Å²) in [6.07, 6.45) is 7.80. The van der Waals surface area contributed by atoms with Crippen LogP contribution >= 0.6 is 0 Å². The van der Waals surface area contributed by atoms with Crippen LogP contribution in [0.15, 0.2) is 36.9 Å². The second-order valence-corrected chi connectivity index (χ2v) is 5.66. The quantitative estimate of drug-likeness (QED) is 0.935. The van der Waals surface area contributed by atoms with Crippen LogP contribution in [0.25, 0.3) is 0 Å². The summed E-state index contributed by atoms with van der Waals surface area (Å²) in [5.74, 6) is 2.63. The van der Waals surface area contributed by atoms with Gasteiger partial charge in [-0.1, -0.05) is 6.92 Å². The van der Waals surface area contributed by atoms with Gasteiger partial charge in [0.05, 0.1) is 0 Å². The van der Waals surface area contributed by atoms with Crippen molar-refractivity contribution in [1.82, 2.24) is 15.0 Å². The molecule has 0 bridgehead atoms. The van der Waals surface area contributed by atoms with E-state index in [9.17, 15) is 0 Å². The van der Waals surface area contributed by atoms with Gasteiger partial charge >= 0.3 is 0 Å². The molecule has 1 atom stereocenters. The summed E-state index contributed by atoms with van der Waals surface area (Å²) < 4.78 is 0. The zero-order chi connectivity index (χ0) is 14.5. The second kappa shape index (κ2) is 6.52. The average molecular weight is 283 g/mol. The summed E-state index contributed by atoms with van der Waals surface area (Å²) in [7, 11) is 0. The largest absolute Gasteiger partial charge is 0.366 e. The lowest BCUT2D eigenvalue weighted by Crippen LogP contribution is -2.34. The minimum atomic E-state index is 0.738. The third-order valence-electron chi connectivity index (χ3n) is 3.86. The van der Waals surface area contributed by atoms with Crippen molar-refractivity contribution in [3.63, 3.8) is 0 Å². The molecule has 5 heteroatoms. The molecule has 1 unspecified atom stereocenters. The van der Waals surface area contributed by atoms with Crippen LogP contribution in [0, 0.1) is 5.92 Å². The fourth-order valence-electron chi connectivity index (χ4n) is 2.71. The Bertz CT molecular complexity index is 572. The number of pyridine rings is 1. The van der Waals surface area contributed by atoms with Crippen molar-refractivity contribution in [1.29, 1.82) is 0 Å². The minimum Gasteiger partial charge on any atom is -0.366 e. The fourth-order valence-corrected chi connectivity index (χ4v) is 2.71. The highest BCUT2D eigenvalue weighted by Gasteiger charge is 2.17. The first kappa shape index (κ1) is 13.8. The molecule has 1 aliphatic rings. The molecular weight excluding hydrogens is 262 g/mol. The van der Waals surface area contributed by atoms with Crippen LogP contribution < -0.4 is 10.2 Å². The predicted octanol–water partition coefficient (Wildman–Crippen LogP) is 2.72. The smallest absolute Gasteiger partial charge is 0.134 e. The standard InChI is InChI=1S/C16H21N5/c1-13-3-2-8-21(11-13)16-9-15(19-12-20-16)18-10-14-4-6-17-7-5-14/h4-7,9,12-13H,2-3,8,10-11H2,1H3,(H,18,19,20). The molecule has 1 N–H and O–H groups in total. The van der Waals surface area contributed by atoms with Crippen LogP contribution in [0.4, 0.5) is 11.6 Å². The summed E-state index contributed by atoms with van der Waals surface area (Å²) in [6.45, 7) is 5.22. The van der Waals surface area contributed by atoms with Gasteiger partial charge in [0.2, 0.25) is 0 Å². The van der Waals surface area contributed by atoms with E-state index in [1.807, 2.05) is 18.2 Å². The van der Waals surface area contributed by atoms with Crippen molar-refractivity contribution in [2.45, 2.75) is 26.3 Å². The van der Waals surface area contributed by atoms with Gasteiger partial charge < -0.3 is 10.2 Å². The normalized spacial score (nSPS) is 18.5. The Balaban J connectivity index is 1.65. The summed E-state index contributed by atoms with van der Waals surface area (Å²) in [4.78, 5) is 15.1. The van der Waals surface area contributed by atoms with E-state index in [1.54, 1.807) is 18.7 Å². The van der Waals surface area contributed by atoms with Gasteiger partial charge in [-0.05, 0) is 36.5 Å². The first-order chi connectivity index (χ1) is 10.3. The first-order valence-electron chi connectivity index (χ1n) is 7.51. The molecule has 21 heavy (non-hydrogen) atoms. The lowest BCUT2D eigenvalue weighted by molar-refractivity contribution is 0.444. The zero-order valence-corrected chi connectivity index (χ0v) is 12.4. The van der Waals surface area contributed by atoms with Crippen LogP contribution in [0.1, 0.15) is 25.3 Å². The highest BCUT2D eigenvalue weighted by molar-refractivity contribution is 5.48. The maximum absolute atomic E-state index is 4.42. The van der Waals surface area contributed by atoms with E-state index in [-0.39, 0.29) is 0 Å². The molecule has 1 saturated heterocycles. The number of aromatic nitrogens is 3. The molecule has 2 aromatic rings. The number of piperidine rings is 1. The highest BCUT2D eigenvalue weighted by atomic mass is 15.2. The highest BCUT2D eigenvalue weighted by Crippen LogP contribution is 2.22. The van der Waals surface area contributed by atoms with E-state index < -0.39 is 0 Å². The lowest BCUT2D eigenvalue weighted by atomic mass is 10.0. The lowest BCUT2D eigenvalue weighted by Gasteiger charge is -2.31. The topological polar surface area (TPSA) is 53.9 Å². The van der Waals surface area contributed by atoms with Gasteiger partial charge in [-0.25, -0.2) is 9.97 Å². The number of nitrogens with zero attached hydrogens (tertiary/aromatic N) is 4. The molecule has 5 nitrogen and oxygen atoms in total. The third kappa shape index (κ3) is 3.68. The van der Waals surface area contributed by atoms with Crippen LogP contribution in [-0.4, -0.2) is 28.0 Å². The summed E-state index contributed by atoms with van der Waals surface area (Å²) in [5.41, 5.74) is 1.19. The molecule has 1 fully saturated rings. The van der Waals surface area contributed by atoms with Crippen molar-refractivity contribution < 1.29 is 0 Å². The van der Waals surface area contributed by atoms with Crippen molar-refractivity contribution in [2.24, 2.45) is 5.92 Å². The Morgan fingerprint density at radius 1 is 1.29 bits per heavy atom. The van der Waals surface area contributed by atoms with E-state index in [2.05, 4.69) is 32.1 Å². The summed E-state index contributed by atoms with van der Waals surface area (Å²) in [6, 6.07) is 6.04. The number of nitrogens with one attached hydrogen (secondary N) is 1. The van der Waals surface area contributed by atoms with E-state index >= 15 is 0 Å². The maximum atomic E-state index is 4.42. The second-order valence-electron chi connectivity index (χ2n) is 5.66. The zero-order valence-electron chi connectivity index (χ0n) is 12.4. The Hall–Kier alpha value is -2.17. The average Bonchev–Trinajstić information content (AvgIpc) is 2.54. The first-order valence-corrected chi connectivity index (χ1v) is 7.51. The molecule has 1 aliphatic heterocycles. The van der Waals surface area contributed by atoms with Crippen molar-refractivity contribution in [3.8, 4) is 0 Å². The van der Waals surface area contributed by atoms with Crippen LogP contribution in [-0.2, 0) is 6.54 Å². The molecule has 0 radical (unpaired) electrons. The molecule has 0 saturated carbocycles. The summed E-state index contributed by atoms with van der Waals surface area (Å²) >= 11 is 0. The SMILES string of the molecule is CC1CCCN(c2cc(NCc3ccncc3)ncn2)C1. The Labute approximate surface area is 125 Å². The molecule has 2 aromatic heterocycles. The predicted molar refractivity (Wildman–Crippen MR) is 84.2 cm³/mol. The van der Waals surface area contributed by atoms with Gasteiger partial charge in [0.25, 0.3) is 0 Å². The number of hydrogen-bond donors (Lipinski definition) is 1. The van der Waals surface area contributed by atoms with Gasteiger partial charge in [0.15, 0.2) is 0 Å². The maximum Gasteiger partial charge on any atom is 0.134 e. The van der Waals surface area contributed by atoms with Crippen molar-refractivity contribution in [3.05, 3.63) is 42.5 Å². The molecule has 3 heterocycles. The van der Waals surface area contributed by atoms with E-state index in [1.165, 1.54) is 18.4 Å². The molecular formula is C16H21N5. The van der Waals surface area contributed by atoms with Gasteiger partial charge in [0, 0.05) is 38.1 Å². The van der Waals surface area contributed by atoms with Crippen LogP contribution in [0.5, 0.6) is 0 Å². The van der Waals surface area contributed by atoms with Gasteiger partial charge in [0.1, 0.15) is 18.0 Å². The summed E-state index contributed by atoms with van der Waals surface area (Å²) in [5, 5.41) is 3.35. The van der Waals surface area contributed by atoms with E-state index in [4.69, 9.17) is 0 Å². The molecule has 0 amide bonds. The number of rotatable bonds is 4. The monoisotopic (exact) mass is 283 g/mol. The third-order valence-corrected chi connectivity index (χ3v) is 3.86. The van der Waals surface area contributed by atoms with Gasteiger partial charge in [-0.2, -0.15) is 0 Å². The molecule has 110 valence electrons. The van der Waals surface area contributed by atoms with Crippen LogP contribution in [0.3, 0.4) is 0 Å². The fraction of sp³-hybridized carbons (Fsp3) is 0.438. The molecule has 0 aromatic carbocycles. The Morgan fingerprint density at radius 3 is 2.95 bits per heavy atom. The number of hydrogen-bond acceptors (Lipinski definition) is 5. The molecule has 0 spiro atoms. The van der Waals surface area contributed by atoms with Crippen molar-refractivity contribution >= 4 is 11.6 Å². The van der Waals surface area contributed by atoms with Gasteiger partial charge in [-0.15, -0.1) is 0 Å². The molecule has 3 rings (SSSR count). The Morgan fingerprint density at radius 2 is 2.14 bits per heavy atom. The minimum absolute atomic E-state index is 0.738.